The SMILES string of the molecule is Nc1n[nH]c2ccc(-c3ccc(C(=O)NCCC4CCOC4)cc3)cc12. The molecule has 0 aliphatic carbocycles. The van der Waals surface area contributed by atoms with Crippen LogP contribution >= 0.6 is 0 Å². The minimum atomic E-state index is -0.0370. The predicted molar refractivity (Wildman–Crippen MR) is 102 cm³/mol. The number of aromatic amines is 1. The molecular weight excluding hydrogens is 328 g/mol. The van der Waals surface area contributed by atoms with Crippen molar-refractivity contribution < 1.29 is 9.53 Å². The lowest BCUT2D eigenvalue weighted by Gasteiger charge is -2.09. The van der Waals surface area contributed by atoms with E-state index in [9.17, 15) is 4.79 Å². The Morgan fingerprint density at radius 1 is 1.23 bits per heavy atom. The Kier molecular flexibility index (Phi) is 4.58. The van der Waals surface area contributed by atoms with E-state index in [1.54, 1.807) is 0 Å². The number of aromatic nitrogens is 2. The van der Waals surface area contributed by atoms with E-state index in [1.807, 2.05) is 42.5 Å². The molecule has 0 radical (unpaired) electrons. The fourth-order valence-corrected chi connectivity index (χ4v) is 3.33. The van der Waals surface area contributed by atoms with Gasteiger partial charge >= 0.3 is 0 Å². The van der Waals surface area contributed by atoms with Crippen molar-refractivity contribution in [1.82, 2.24) is 15.5 Å². The third-order valence-electron chi connectivity index (χ3n) is 4.93. The number of hydrogen-bond acceptors (Lipinski definition) is 4. The average molecular weight is 350 g/mol. The number of nitrogens with zero attached hydrogens (tertiary/aromatic N) is 1. The Labute approximate surface area is 151 Å². The fourth-order valence-electron chi connectivity index (χ4n) is 3.33. The van der Waals surface area contributed by atoms with E-state index in [2.05, 4.69) is 15.5 Å². The lowest BCUT2D eigenvalue weighted by atomic mass is 10.0. The highest BCUT2D eigenvalue weighted by Crippen LogP contribution is 2.26. The summed E-state index contributed by atoms with van der Waals surface area (Å²) in [6, 6.07) is 13.6. The number of ether oxygens (including phenoxy) is 1. The first-order valence-electron chi connectivity index (χ1n) is 8.91. The molecule has 4 N–H and O–H groups in total. The summed E-state index contributed by atoms with van der Waals surface area (Å²) < 4.78 is 5.36. The molecule has 1 aliphatic heterocycles. The molecule has 0 spiro atoms. The molecule has 1 fully saturated rings. The second kappa shape index (κ2) is 7.17. The van der Waals surface area contributed by atoms with Crippen LogP contribution in [0.1, 0.15) is 23.2 Å². The summed E-state index contributed by atoms with van der Waals surface area (Å²) >= 11 is 0. The summed E-state index contributed by atoms with van der Waals surface area (Å²) in [5.74, 6) is 1.03. The maximum atomic E-state index is 12.3. The van der Waals surface area contributed by atoms with Gasteiger partial charge in [-0.3, -0.25) is 9.89 Å². The largest absolute Gasteiger partial charge is 0.382 e. The molecule has 0 bridgehead atoms. The van der Waals surface area contributed by atoms with Gasteiger partial charge in [0.25, 0.3) is 5.91 Å². The Morgan fingerprint density at radius 2 is 2.04 bits per heavy atom. The van der Waals surface area contributed by atoms with Crippen LogP contribution in [0.3, 0.4) is 0 Å². The van der Waals surface area contributed by atoms with E-state index >= 15 is 0 Å². The highest BCUT2D eigenvalue weighted by atomic mass is 16.5. The van der Waals surface area contributed by atoms with E-state index in [4.69, 9.17) is 10.5 Å². The number of carbonyl (C=O) groups is 1. The van der Waals surface area contributed by atoms with Crippen LogP contribution in [0.5, 0.6) is 0 Å². The molecule has 0 saturated carbocycles. The van der Waals surface area contributed by atoms with Crippen molar-refractivity contribution >= 4 is 22.6 Å². The number of H-pyrrole nitrogens is 1. The highest BCUT2D eigenvalue weighted by molar-refractivity contribution is 5.95. The van der Waals surface area contributed by atoms with Crippen LogP contribution in [0.2, 0.25) is 0 Å². The maximum Gasteiger partial charge on any atom is 0.251 e. The Bertz CT molecular complexity index is 911. The molecule has 1 atom stereocenters. The van der Waals surface area contributed by atoms with Crippen LogP contribution in [-0.2, 0) is 4.74 Å². The van der Waals surface area contributed by atoms with E-state index in [0.29, 0.717) is 23.8 Å². The molecule has 2 aromatic carbocycles. The van der Waals surface area contributed by atoms with Crippen molar-refractivity contribution in [1.29, 1.82) is 0 Å². The number of rotatable bonds is 5. The van der Waals surface area contributed by atoms with Crippen LogP contribution in [0.25, 0.3) is 22.0 Å². The normalized spacial score (nSPS) is 16.8. The first-order valence-corrected chi connectivity index (χ1v) is 8.91. The second-order valence-electron chi connectivity index (χ2n) is 6.72. The third kappa shape index (κ3) is 3.41. The molecule has 4 rings (SSSR count). The van der Waals surface area contributed by atoms with Gasteiger partial charge in [0.05, 0.1) is 5.52 Å². The van der Waals surface area contributed by atoms with E-state index in [1.165, 1.54) is 0 Å². The van der Waals surface area contributed by atoms with Gasteiger partial charge in [-0.15, -0.1) is 0 Å². The van der Waals surface area contributed by atoms with Gasteiger partial charge in [0.2, 0.25) is 0 Å². The molecule has 1 unspecified atom stereocenters. The van der Waals surface area contributed by atoms with Gasteiger partial charge < -0.3 is 15.8 Å². The molecule has 1 aromatic heterocycles. The van der Waals surface area contributed by atoms with Crippen LogP contribution in [0.15, 0.2) is 42.5 Å². The van der Waals surface area contributed by atoms with E-state index < -0.39 is 0 Å². The van der Waals surface area contributed by atoms with Gasteiger partial charge in [-0.2, -0.15) is 5.10 Å². The van der Waals surface area contributed by atoms with Crippen molar-refractivity contribution in [2.24, 2.45) is 5.92 Å². The Balaban J connectivity index is 1.41. The molecule has 2 heterocycles. The van der Waals surface area contributed by atoms with Crippen molar-refractivity contribution in [2.45, 2.75) is 12.8 Å². The standard InChI is InChI=1S/C20H22N4O2/c21-19-17-11-16(5-6-18(17)23-24-19)14-1-3-15(4-2-14)20(25)22-9-7-13-8-10-26-12-13/h1-6,11,13H,7-10,12H2,(H,22,25)(H3,21,23,24). The van der Waals surface area contributed by atoms with Gasteiger partial charge in [0, 0.05) is 30.7 Å². The fraction of sp³-hybridized carbons (Fsp3) is 0.300. The van der Waals surface area contributed by atoms with Crippen LogP contribution < -0.4 is 11.1 Å². The molecule has 26 heavy (non-hydrogen) atoms. The summed E-state index contributed by atoms with van der Waals surface area (Å²) in [5, 5.41) is 10.8. The smallest absolute Gasteiger partial charge is 0.251 e. The van der Waals surface area contributed by atoms with Crippen molar-refractivity contribution in [3.05, 3.63) is 48.0 Å². The van der Waals surface area contributed by atoms with Gasteiger partial charge in [-0.1, -0.05) is 18.2 Å². The summed E-state index contributed by atoms with van der Waals surface area (Å²) in [6.45, 7) is 2.34. The van der Waals surface area contributed by atoms with E-state index in [0.717, 1.165) is 48.1 Å². The number of benzene rings is 2. The summed E-state index contributed by atoms with van der Waals surface area (Å²) in [6.07, 6.45) is 2.06. The van der Waals surface area contributed by atoms with Crippen LogP contribution in [-0.4, -0.2) is 35.9 Å². The number of nitrogens with one attached hydrogen (secondary N) is 2. The van der Waals surface area contributed by atoms with Gasteiger partial charge in [-0.05, 0) is 54.2 Å². The minimum Gasteiger partial charge on any atom is -0.382 e. The lowest BCUT2D eigenvalue weighted by molar-refractivity contribution is 0.0950. The average Bonchev–Trinajstić information content (AvgIpc) is 3.32. The zero-order chi connectivity index (χ0) is 17.9. The van der Waals surface area contributed by atoms with Gasteiger partial charge in [0.1, 0.15) is 0 Å². The summed E-state index contributed by atoms with van der Waals surface area (Å²) in [5.41, 5.74) is 9.53. The van der Waals surface area contributed by atoms with E-state index in [-0.39, 0.29) is 5.91 Å². The molecular formula is C20H22N4O2. The predicted octanol–water partition coefficient (Wildman–Crippen LogP) is 2.97. The topological polar surface area (TPSA) is 93.0 Å². The van der Waals surface area contributed by atoms with Gasteiger partial charge in [0.15, 0.2) is 5.82 Å². The highest BCUT2D eigenvalue weighted by Gasteiger charge is 2.15. The number of amides is 1. The maximum absolute atomic E-state index is 12.3. The quantitative estimate of drug-likeness (QED) is 0.659. The lowest BCUT2D eigenvalue weighted by Crippen LogP contribution is -2.26. The van der Waals surface area contributed by atoms with Crippen molar-refractivity contribution in [3.8, 4) is 11.1 Å². The monoisotopic (exact) mass is 350 g/mol. The summed E-state index contributed by atoms with van der Waals surface area (Å²) in [7, 11) is 0. The number of fused-ring (bicyclic) bond motifs is 1. The number of nitrogen functional groups attached to an aromatic ring is 1. The van der Waals surface area contributed by atoms with Crippen LogP contribution in [0.4, 0.5) is 5.82 Å². The molecule has 1 saturated heterocycles. The third-order valence-corrected chi connectivity index (χ3v) is 4.93. The Hall–Kier alpha value is -2.86. The zero-order valence-corrected chi connectivity index (χ0v) is 14.5. The minimum absolute atomic E-state index is 0.0370. The van der Waals surface area contributed by atoms with Crippen LogP contribution in [0, 0.1) is 5.92 Å². The summed E-state index contributed by atoms with van der Waals surface area (Å²) in [4.78, 5) is 12.3. The first-order chi connectivity index (χ1) is 12.7. The van der Waals surface area contributed by atoms with Crippen molar-refractivity contribution in [3.63, 3.8) is 0 Å². The molecule has 1 aliphatic rings. The molecule has 6 heteroatoms. The molecule has 1 amide bonds. The Morgan fingerprint density at radius 3 is 2.81 bits per heavy atom. The number of nitrogens with two attached hydrogens (primary N) is 1. The second-order valence-corrected chi connectivity index (χ2v) is 6.72. The molecule has 6 nitrogen and oxygen atoms in total. The first kappa shape index (κ1) is 16.6. The zero-order valence-electron chi connectivity index (χ0n) is 14.5. The van der Waals surface area contributed by atoms with Crippen molar-refractivity contribution in [2.75, 3.05) is 25.5 Å². The number of anilines is 1. The number of hydrogen-bond donors (Lipinski definition) is 3. The molecule has 134 valence electrons. The number of carbonyl (C=O) groups excluding carboxylic acids is 1. The van der Waals surface area contributed by atoms with Gasteiger partial charge in [-0.25, -0.2) is 0 Å². The molecule has 3 aromatic rings.